The second-order valence-corrected chi connectivity index (χ2v) is 9.01. The second kappa shape index (κ2) is 10.9. The highest BCUT2D eigenvalue weighted by Gasteiger charge is 2.12. The number of nitriles is 1. The van der Waals surface area contributed by atoms with E-state index >= 15 is 0 Å². The van der Waals surface area contributed by atoms with Gasteiger partial charge in [0.15, 0.2) is 0 Å². The number of rotatable bonds is 7. The lowest BCUT2D eigenvalue weighted by Gasteiger charge is -2.11. The van der Waals surface area contributed by atoms with Crippen molar-refractivity contribution in [3.8, 4) is 17.2 Å². The van der Waals surface area contributed by atoms with Crippen LogP contribution in [0.3, 0.4) is 0 Å². The number of carbonyl (C=O) groups is 2. The first-order valence-corrected chi connectivity index (χ1v) is 12.3. The van der Waals surface area contributed by atoms with Crippen LogP contribution in [-0.4, -0.2) is 18.4 Å². The number of furan rings is 1. The highest BCUT2D eigenvalue weighted by atomic mass is 16.3. The lowest BCUT2D eigenvalue weighted by molar-refractivity contribution is 0.0953. The summed E-state index contributed by atoms with van der Waals surface area (Å²) in [7, 11) is 0. The summed E-state index contributed by atoms with van der Waals surface area (Å²) in [5.41, 5.74) is 5.79. The van der Waals surface area contributed by atoms with Gasteiger partial charge in [-0.05, 0) is 78.2 Å². The molecule has 0 unspecified atom stereocenters. The van der Waals surface area contributed by atoms with Crippen LogP contribution in [0.1, 0.15) is 37.6 Å². The molecule has 0 radical (unpaired) electrons. The van der Waals surface area contributed by atoms with Crippen LogP contribution in [-0.2, 0) is 6.42 Å². The molecule has 0 aliphatic carbocycles. The number of nitrogens with one attached hydrogen (secondary N) is 2. The van der Waals surface area contributed by atoms with E-state index in [-0.39, 0.29) is 11.8 Å². The van der Waals surface area contributed by atoms with Gasteiger partial charge in [0.1, 0.15) is 11.3 Å². The second-order valence-electron chi connectivity index (χ2n) is 9.01. The number of nitrogens with zero attached hydrogens (tertiary/aromatic N) is 1. The Hall–Kier alpha value is -5.15. The number of hydrogen-bond acceptors (Lipinski definition) is 4. The molecule has 38 heavy (non-hydrogen) atoms. The third-order valence-corrected chi connectivity index (χ3v) is 6.34. The van der Waals surface area contributed by atoms with E-state index in [2.05, 4.69) is 16.7 Å². The van der Waals surface area contributed by atoms with Crippen molar-refractivity contribution in [1.29, 1.82) is 5.26 Å². The van der Waals surface area contributed by atoms with Crippen LogP contribution in [0, 0.1) is 18.3 Å². The van der Waals surface area contributed by atoms with Gasteiger partial charge < -0.3 is 15.1 Å². The van der Waals surface area contributed by atoms with Gasteiger partial charge in [-0.15, -0.1) is 0 Å². The van der Waals surface area contributed by atoms with E-state index in [0.29, 0.717) is 35.3 Å². The maximum absolute atomic E-state index is 12.8. The van der Waals surface area contributed by atoms with Crippen molar-refractivity contribution in [1.82, 2.24) is 5.32 Å². The van der Waals surface area contributed by atoms with Crippen molar-refractivity contribution in [2.24, 2.45) is 0 Å². The van der Waals surface area contributed by atoms with Crippen LogP contribution in [0.2, 0.25) is 0 Å². The molecule has 6 nitrogen and oxygen atoms in total. The molecule has 0 bridgehead atoms. The molecular formula is C32H25N3O3. The first-order chi connectivity index (χ1) is 18.5. The van der Waals surface area contributed by atoms with Crippen LogP contribution in [0.5, 0.6) is 0 Å². The molecule has 4 aromatic carbocycles. The number of carbonyl (C=O) groups excluding carboxylic acids is 2. The molecular weight excluding hydrogens is 474 g/mol. The van der Waals surface area contributed by atoms with E-state index < -0.39 is 0 Å². The smallest absolute Gasteiger partial charge is 0.255 e. The Morgan fingerprint density at radius 2 is 1.63 bits per heavy atom. The number of amides is 2. The molecule has 5 rings (SSSR count). The number of para-hydroxylation sites is 1. The summed E-state index contributed by atoms with van der Waals surface area (Å²) in [5.74, 6) is 0.414. The SMILES string of the molecule is Cc1ccc(C(=O)NCCc2cc3ccccc3o2)cc1-c1ccc(C(=O)Nc2cccc(C#N)c2)cc1. The summed E-state index contributed by atoms with van der Waals surface area (Å²) in [5, 5.41) is 15.9. The van der Waals surface area contributed by atoms with Gasteiger partial charge >= 0.3 is 0 Å². The third-order valence-electron chi connectivity index (χ3n) is 6.34. The van der Waals surface area contributed by atoms with Gasteiger partial charge in [0, 0.05) is 35.2 Å². The van der Waals surface area contributed by atoms with E-state index in [0.717, 1.165) is 33.4 Å². The largest absolute Gasteiger partial charge is 0.461 e. The Balaban J connectivity index is 1.24. The van der Waals surface area contributed by atoms with Crippen LogP contribution < -0.4 is 10.6 Å². The molecule has 5 aromatic rings. The fraction of sp³-hybridized carbons (Fsp3) is 0.0938. The molecule has 0 atom stereocenters. The standard InChI is InChI=1S/C32H25N3O3/c1-21-9-10-26(31(36)34-16-15-28-18-25-6-2-3-8-30(25)38-28)19-29(21)23-11-13-24(14-12-23)32(37)35-27-7-4-5-22(17-27)20-33/h2-14,17-19H,15-16H2,1H3,(H,34,36)(H,35,37). The minimum Gasteiger partial charge on any atom is -0.461 e. The molecule has 0 fully saturated rings. The summed E-state index contributed by atoms with van der Waals surface area (Å²) < 4.78 is 5.83. The fourth-order valence-electron chi connectivity index (χ4n) is 4.31. The minimum absolute atomic E-state index is 0.155. The van der Waals surface area contributed by atoms with E-state index in [1.807, 2.05) is 67.6 Å². The summed E-state index contributed by atoms with van der Waals surface area (Å²) in [4.78, 5) is 25.5. The Kier molecular flexibility index (Phi) is 7.01. The van der Waals surface area contributed by atoms with Crippen molar-refractivity contribution in [2.45, 2.75) is 13.3 Å². The number of hydrogen-bond donors (Lipinski definition) is 2. The highest BCUT2D eigenvalue weighted by molar-refractivity contribution is 6.04. The summed E-state index contributed by atoms with van der Waals surface area (Å²) in [6.07, 6.45) is 0.601. The summed E-state index contributed by atoms with van der Waals surface area (Å²) in [6, 6.07) is 31.5. The number of fused-ring (bicyclic) bond motifs is 1. The molecule has 0 aliphatic rings. The Labute approximate surface area is 220 Å². The molecule has 0 aliphatic heterocycles. The summed E-state index contributed by atoms with van der Waals surface area (Å²) in [6.45, 7) is 2.45. The molecule has 1 heterocycles. The predicted molar refractivity (Wildman–Crippen MR) is 148 cm³/mol. The lowest BCUT2D eigenvalue weighted by atomic mass is 9.97. The monoisotopic (exact) mass is 499 g/mol. The van der Waals surface area contributed by atoms with Crippen molar-refractivity contribution in [3.63, 3.8) is 0 Å². The zero-order valence-electron chi connectivity index (χ0n) is 20.8. The zero-order valence-corrected chi connectivity index (χ0v) is 20.8. The van der Waals surface area contributed by atoms with E-state index in [1.165, 1.54) is 0 Å². The van der Waals surface area contributed by atoms with Crippen LogP contribution in [0.15, 0.2) is 101 Å². The van der Waals surface area contributed by atoms with Crippen LogP contribution in [0.25, 0.3) is 22.1 Å². The lowest BCUT2D eigenvalue weighted by Crippen LogP contribution is -2.25. The van der Waals surface area contributed by atoms with Gasteiger partial charge in [0.2, 0.25) is 0 Å². The Bertz CT molecular complexity index is 1640. The fourth-order valence-corrected chi connectivity index (χ4v) is 4.31. The maximum Gasteiger partial charge on any atom is 0.255 e. The molecule has 2 N–H and O–H groups in total. The first kappa shape index (κ1) is 24.5. The van der Waals surface area contributed by atoms with E-state index in [1.54, 1.807) is 36.4 Å². The zero-order chi connectivity index (χ0) is 26.5. The maximum atomic E-state index is 12.8. The first-order valence-electron chi connectivity index (χ1n) is 12.3. The number of anilines is 1. The highest BCUT2D eigenvalue weighted by Crippen LogP contribution is 2.26. The van der Waals surface area contributed by atoms with E-state index in [4.69, 9.17) is 9.68 Å². The molecule has 6 heteroatoms. The average Bonchev–Trinajstić information content (AvgIpc) is 3.36. The van der Waals surface area contributed by atoms with Crippen LogP contribution in [0.4, 0.5) is 5.69 Å². The number of aryl methyl sites for hydroxylation is 1. The molecule has 186 valence electrons. The normalized spacial score (nSPS) is 10.6. The van der Waals surface area contributed by atoms with Gasteiger partial charge in [0.05, 0.1) is 11.6 Å². The molecule has 0 saturated heterocycles. The van der Waals surface area contributed by atoms with Gasteiger partial charge in [-0.1, -0.05) is 42.5 Å². The van der Waals surface area contributed by atoms with Crippen molar-refractivity contribution in [3.05, 3.63) is 125 Å². The van der Waals surface area contributed by atoms with Gasteiger partial charge in [0.25, 0.3) is 11.8 Å². The van der Waals surface area contributed by atoms with Crippen molar-refractivity contribution < 1.29 is 14.0 Å². The van der Waals surface area contributed by atoms with Gasteiger partial charge in [-0.2, -0.15) is 5.26 Å². The quantitative estimate of drug-likeness (QED) is 0.267. The summed E-state index contributed by atoms with van der Waals surface area (Å²) >= 11 is 0. The number of benzene rings is 4. The average molecular weight is 500 g/mol. The van der Waals surface area contributed by atoms with Crippen LogP contribution >= 0.6 is 0 Å². The molecule has 0 saturated carbocycles. The van der Waals surface area contributed by atoms with Crippen molar-refractivity contribution in [2.75, 3.05) is 11.9 Å². The Morgan fingerprint density at radius 1 is 0.842 bits per heavy atom. The molecule has 2 amide bonds. The van der Waals surface area contributed by atoms with Gasteiger partial charge in [-0.25, -0.2) is 0 Å². The molecule has 0 spiro atoms. The topological polar surface area (TPSA) is 95.1 Å². The molecule has 1 aromatic heterocycles. The third kappa shape index (κ3) is 5.48. The predicted octanol–water partition coefficient (Wildman–Crippen LogP) is 6.50. The van der Waals surface area contributed by atoms with Crippen molar-refractivity contribution >= 4 is 28.5 Å². The minimum atomic E-state index is -0.263. The Morgan fingerprint density at radius 3 is 2.42 bits per heavy atom. The van der Waals surface area contributed by atoms with E-state index in [9.17, 15) is 9.59 Å². The van der Waals surface area contributed by atoms with Gasteiger partial charge in [-0.3, -0.25) is 9.59 Å².